The fraction of sp³-hybridized carbons (Fsp3) is 0.844. The average Bonchev–Trinajstić information content (AvgIpc) is 3.16. The first-order valence-electron chi connectivity index (χ1n) is 14.8. The first kappa shape index (κ1) is 26.8. The van der Waals surface area contributed by atoms with Gasteiger partial charge in [-0.25, -0.2) is 4.79 Å². The molecule has 0 unspecified atom stereocenters. The highest BCUT2D eigenvalue weighted by Crippen LogP contribution is 2.67. The summed E-state index contributed by atoms with van der Waals surface area (Å²) in [6, 6.07) is 0. The molecule has 4 rings (SSSR count). The Balaban J connectivity index is 1.40. The van der Waals surface area contributed by atoms with Crippen molar-refractivity contribution in [1.29, 1.82) is 0 Å². The number of ether oxygens (including phenoxy) is 2. The Bertz CT molecular complexity index is 797. The first-order valence-corrected chi connectivity index (χ1v) is 14.8. The van der Waals surface area contributed by atoms with Crippen LogP contribution in [0.4, 0.5) is 4.79 Å². The molecular formula is C32H52O3. The van der Waals surface area contributed by atoms with Crippen LogP contribution in [0.5, 0.6) is 0 Å². The Morgan fingerprint density at radius 2 is 1.89 bits per heavy atom. The van der Waals surface area contributed by atoms with E-state index in [0.717, 1.165) is 54.8 Å². The molecule has 4 aliphatic rings. The van der Waals surface area contributed by atoms with Gasteiger partial charge in [0.05, 0.1) is 0 Å². The summed E-state index contributed by atoms with van der Waals surface area (Å²) < 4.78 is 10.9. The third-order valence-electron chi connectivity index (χ3n) is 11.1. The molecule has 0 aromatic rings. The van der Waals surface area contributed by atoms with Gasteiger partial charge in [0.1, 0.15) is 12.7 Å². The Kier molecular flexibility index (Phi) is 8.43. The molecule has 0 heterocycles. The van der Waals surface area contributed by atoms with E-state index in [1.165, 1.54) is 51.4 Å². The second-order valence-corrected chi connectivity index (χ2v) is 13.4. The van der Waals surface area contributed by atoms with Gasteiger partial charge in [-0.2, -0.15) is 0 Å². The molecule has 0 aliphatic heterocycles. The number of hydrogen-bond donors (Lipinski definition) is 0. The molecule has 0 saturated heterocycles. The van der Waals surface area contributed by atoms with Crippen LogP contribution in [0.2, 0.25) is 0 Å². The van der Waals surface area contributed by atoms with Gasteiger partial charge in [-0.05, 0) is 98.2 Å². The van der Waals surface area contributed by atoms with E-state index in [1.54, 1.807) is 5.57 Å². The molecule has 3 heteroatoms. The van der Waals surface area contributed by atoms with Crippen LogP contribution in [-0.4, -0.2) is 18.9 Å². The van der Waals surface area contributed by atoms with E-state index < -0.39 is 6.16 Å². The lowest BCUT2D eigenvalue weighted by atomic mass is 9.47. The van der Waals surface area contributed by atoms with Crippen molar-refractivity contribution >= 4 is 6.16 Å². The summed E-state index contributed by atoms with van der Waals surface area (Å²) in [4.78, 5) is 12.1. The van der Waals surface area contributed by atoms with E-state index in [1.807, 2.05) is 19.1 Å². The molecule has 198 valence electrons. The lowest BCUT2D eigenvalue weighted by molar-refractivity contribution is -0.0613. The van der Waals surface area contributed by atoms with Gasteiger partial charge in [-0.15, -0.1) is 0 Å². The van der Waals surface area contributed by atoms with Crippen molar-refractivity contribution in [2.45, 2.75) is 118 Å². The summed E-state index contributed by atoms with van der Waals surface area (Å²) in [6.45, 7) is 14.7. The minimum Gasteiger partial charge on any atom is -0.431 e. The van der Waals surface area contributed by atoms with E-state index in [9.17, 15) is 4.79 Å². The molecule has 0 aromatic heterocycles. The van der Waals surface area contributed by atoms with Crippen LogP contribution in [0.3, 0.4) is 0 Å². The zero-order valence-corrected chi connectivity index (χ0v) is 23.5. The molecule has 0 spiro atoms. The van der Waals surface area contributed by atoms with Crippen molar-refractivity contribution in [2.24, 2.45) is 46.3 Å². The summed E-state index contributed by atoms with van der Waals surface area (Å²) in [5, 5.41) is 0. The molecule has 4 aliphatic carbocycles. The smallest absolute Gasteiger partial charge is 0.431 e. The number of fused-ring (bicyclic) bond motifs is 5. The van der Waals surface area contributed by atoms with Crippen molar-refractivity contribution in [2.75, 3.05) is 6.61 Å². The van der Waals surface area contributed by atoms with E-state index in [-0.39, 0.29) is 6.10 Å². The molecule has 3 nitrogen and oxygen atoms in total. The zero-order valence-electron chi connectivity index (χ0n) is 23.5. The van der Waals surface area contributed by atoms with Gasteiger partial charge in [0.15, 0.2) is 0 Å². The minimum atomic E-state index is -0.515. The van der Waals surface area contributed by atoms with Crippen LogP contribution < -0.4 is 0 Å². The molecule has 0 amide bonds. The lowest BCUT2D eigenvalue weighted by Gasteiger charge is -2.58. The molecule has 0 N–H and O–H groups in total. The molecule has 0 bridgehead atoms. The van der Waals surface area contributed by atoms with Gasteiger partial charge in [0.2, 0.25) is 0 Å². The second-order valence-electron chi connectivity index (χ2n) is 13.4. The molecule has 3 fully saturated rings. The van der Waals surface area contributed by atoms with Crippen molar-refractivity contribution in [3.63, 3.8) is 0 Å². The van der Waals surface area contributed by atoms with E-state index in [2.05, 4.69) is 40.7 Å². The van der Waals surface area contributed by atoms with E-state index in [4.69, 9.17) is 9.47 Å². The van der Waals surface area contributed by atoms with E-state index >= 15 is 0 Å². The minimum absolute atomic E-state index is 0.0274. The largest absolute Gasteiger partial charge is 0.508 e. The van der Waals surface area contributed by atoms with Crippen LogP contribution >= 0.6 is 0 Å². The Morgan fingerprint density at radius 1 is 1.09 bits per heavy atom. The predicted octanol–water partition coefficient (Wildman–Crippen LogP) is 9.13. The highest BCUT2D eigenvalue weighted by atomic mass is 16.7. The standard InChI is InChI=1S/C32H52O3/c1-7-8-20-34-30(33)35-25-16-18-31(5)24(21-25)12-13-26-28-15-14-27(23(4)11-9-10-22(2)3)32(28,6)19-17-29(26)31/h7-8,12,22-23,25-29H,9-11,13-21H2,1-6H3/b8-7+/t23-,25+,26+,27-,28+,29+,31+,32-/m1/s1. The van der Waals surface area contributed by atoms with Crippen LogP contribution in [0, 0.1) is 46.3 Å². The van der Waals surface area contributed by atoms with Gasteiger partial charge in [0.25, 0.3) is 0 Å². The van der Waals surface area contributed by atoms with E-state index in [0.29, 0.717) is 17.4 Å². The maximum absolute atomic E-state index is 12.1. The summed E-state index contributed by atoms with van der Waals surface area (Å²) >= 11 is 0. The topological polar surface area (TPSA) is 35.5 Å². The third-order valence-corrected chi connectivity index (χ3v) is 11.1. The van der Waals surface area contributed by atoms with Crippen molar-refractivity contribution in [1.82, 2.24) is 0 Å². The van der Waals surface area contributed by atoms with Crippen LogP contribution in [0.15, 0.2) is 23.8 Å². The average molecular weight is 485 g/mol. The maximum Gasteiger partial charge on any atom is 0.508 e. The number of hydrogen-bond acceptors (Lipinski definition) is 3. The summed E-state index contributed by atoms with van der Waals surface area (Å²) in [5.74, 6) is 5.15. The summed E-state index contributed by atoms with van der Waals surface area (Å²) in [6.07, 6.45) is 19.9. The SMILES string of the molecule is C/C=C/COC(=O)O[C@H]1CC[C@@]2(C)C(=CC[C@H]3[C@@H]4CC[C@H]([C@H](C)CCCC(C)C)[C@@]4(C)CC[C@@H]32)C1. The van der Waals surface area contributed by atoms with Gasteiger partial charge in [-0.1, -0.05) is 77.7 Å². The van der Waals surface area contributed by atoms with Crippen molar-refractivity contribution in [3.8, 4) is 0 Å². The summed E-state index contributed by atoms with van der Waals surface area (Å²) in [7, 11) is 0. The monoisotopic (exact) mass is 484 g/mol. The number of carbonyl (C=O) groups excluding carboxylic acids is 1. The predicted molar refractivity (Wildman–Crippen MR) is 144 cm³/mol. The summed E-state index contributed by atoms with van der Waals surface area (Å²) in [5.41, 5.74) is 2.40. The molecule has 0 radical (unpaired) electrons. The first-order chi connectivity index (χ1) is 16.7. The lowest BCUT2D eigenvalue weighted by Crippen LogP contribution is -2.51. The quantitative estimate of drug-likeness (QED) is 0.254. The Morgan fingerprint density at radius 3 is 2.63 bits per heavy atom. The molecule has 8 atom stereocenters. The molecule has 3 saturated carbocycles. The van der Waals surface area contributed by atoms with Crippen LogP contribution in [0.25, 0.3) is 0 Å². The van der Waals surface area contributed by atoms with Gasteiger partial charge >= 0.3 is 6.16 Å². The number of rotatable bonds is 8. The normalized spacial score (nSPS) is 39.5. The highest BCUT2D eigenvalue weighted by Gasteiger charge is 2.59. The Hall–Kier alpha value is -1.25. The maximum atomic E-state index is 12.1. The fourth-order valence-corrected chi connectivity index (χ4v) is 9.14. The van der Waals surface area contributed by atoms with Crippen molar-refractivity contribution in [3.05, 3.63) is 23.8 Å². The van der Waals surface area contributed by atoms with Gasteiger partial charge in [-0.3, -0.25) is 0 Å². The Labute approximate surface area is 215 Å². The highest BCUT2D eigenvalue weighted by molar-refractivity contribution is 5.60. The number of allylic oxidation sites excluding steroid dienone is 2. The van der Waals surface area contributed by atoms with Gasteiger partial charge < -0.3 is 9.47 Å². The van der Waals surface area contributed by atoms with Crippen LogP contribution in [-0.2, 0) is 9.47 Å². The van der Waals surface area contributed by atoms with Crippen LogP contribution in [0.1, 0.15) is 112 Å². The fourth-order valence-electron chi connectivity index (χ4n) is 9.14. The molecule has 35 heavy (non-hydrogen) atoms. The van der Waals surface area contributed by atoms with Gasteiger partial charge in [0, 0.05) is 6.42 Å². The molecular weight excluding hydrogens is 432 g/mol. The second kappa shape index (κ2) is 11.0. The zero-order chi connectivity index (χ0) is 25.2. The van der Waals surface area contributed by atoms with Crippen molar-refractivity contribution < 1.29 is 14.3 Å². The molecule has 0 aromatic carbocycles. The number of carbonyl (C=O) groups is 1. The third kappa shape index (κ3) is 5.40.